The number of aryl methyl sites for hydroxylation is 3. The lowest BCUT2D eigenvalue weighted by molar-refractivity contribution is 0.296. The zero-order valence-corrected chi connectivity index (χ0v) is 13.1. The number of rotatable bonds is 4. The molecule has 1 nitrogen and oxygen atoms in total. The van der Waals surface area contributed by atoms with Crippen molar-refractivity contribution >= 4 is 0 Å². The minimum atomic E-state index is 0.770. The van der Waals surface area contributed by atoms with E-state index >= 15 is 0 Å². The lowest BCUT2D eigenvalue weighted by atomic mass is 9.73. The minimum absolute atomic E-state index is 0.770. The van der Waals surface area contributed by atoms with Crippen LogP contribution >= 0.6 is 0 Å². The summed E-state index contributed by atoms with van der Waals surface area (Å²) in [6.45, 7) is 11.3. The molecule has 2 atom stereocenters. The molecule has 0 aromatic heterocycles. The van der Waals surface area contributed by atoms with Gasteiger partial charge in [0.15, 0.2) is 0 Å². The summed E-state index contributed by atoms with van der Waals surface area (Å²) < 4.78 is 0. The molecule has 1 aliphatic carbocycles. The van der Waals surface area contributed by atoms with E-state index in [0.717, 1.165) is 18.4 Å². The number of hydrogen-bond donors (Lipinski definition) is 1. The maximum Gasteiger partial charge on any atom is -0.00148 e. The van der Waals surface area contributed by atoms with E-state index < -0.39 is 0 Å². The second kappa shape index (κ2) is 6.56. The van der Waals surface area contributed by atoms with E-state index in [1.807, 2.05) is 0 Å². The van der Waals surface area contributed by atoms with Crippen LogP contribution in [-0.4, -0.2) is 13.1 Å². The summed E-state index contributed by atoms with van der Waals surface area (Å²) in [5, 5.41) is 3.56. The molecule has 1 fully saturated rings. The maximum absolute atomic E-state index is 3.56. The summed E-state index contributed by atoms with van der Waals surface area (Å²) in [5.74, 6) is 1.60. The van der Waals surface area contributed by atoms with Crippen LogP contribution in [0.3, 0.4) is 0 Å². The fourth-order valence-corrected chi connectivity index (χ4v) is 3.57. The third kappa shape index (κ3) is 3.39. The molecule has 1 heteroatoms. The van der Waals surface area contributed by atoms with E-state index in [1.165, 1.54) is 48.9 Å². The second-order valence-electron chi connectivity index (χ2n) is 6.25. The van der Waals surface area contributed by atoms with Crippen molar-refractivity contribution in [2.24, 2.45) is 5.92 Å². The van der Waals surface area contributed by atoms with Gasteiger partial charge < -0.3 is 5.32 Å². The molecule has 1 saturated carbocycles. The largest absolute Gasteiger partial charge is 0.317 e. The van der Waals surface area contributed by atoms with E-state index in [-0.39, 0.29) is 0 Å². The standard InChI is InChI=1S/C18H29N/c1-5-19-12-16-8-6-7-9-17(16)18-11-14(3)13(2)10-15(18)4/h10-11,16-17,19H,5-9,12H2,1-4H3. The van der Waals surface area contributed by atoms with Crippen molar-refractivity contribution in [3.63, 3.8) is 0 Å². The van der Waals surface area contributed by atoms with Gasteiger partial charge in [0.1, 0.15) is 0 Å². The highest BCUT2D eigenvalue weighted by molar-refractivity contribution is 5.39. The molecular formula is C18H29N. The van der Waals surface area contributed by atoms with E-state index in [4.69, 9.17) is 0 Å². The summed E-state index contributed by atoms with van der Waals surface area (Å²) in [7, 11) is 0. The highest BCUT2D eigenvalue weighted by Gasteiger charge is 2.27. The third-order valence-corrected chi connectivity index (χ3v) is 4.85. The summed E-state index contributed by atoms with van der Waals surface area (Å²) in [4.78, 5) is 0. The van der Waals surface area contributed by atoms with Crippen LogP contribution in [0.2, 0.25) is 0 Å². The summed E-state index contributed by atoms with van der Waals surface area (Å²) in [6, 6.07) is 4.84. The molecule has 0 amide bonds. The first-order valence-electron chi connectivity index (χ1n) is 7.92. The molecule has 19 heavy (non-hydrogen) atoms. The van der Waals surface area contributed by atoms with Gasteiger partial charge >= 0.3 is 0 Å². The molecule has 0 bridgehead atoms. The molecule has 0 radical (unpaired) electrons. The van der Waals surface area contributed by atoms with Crippen LogP contribution in [0.15, 0.2) is 12.1 Å². The highest BCUT2D eigenvalue weighted by Crippen LogP contribution is 2.39. The van der Waals surface area contributed by atoms with Crippen molar-refractivity contribution in [1.82, 2.24) is 5.32 Å². The fourth-order valence-electron chi connectivity index (χ4n) is 3.57. The smallest absolute Gasteiger partial charge is 0.00148 e. The van der Waals surface area contributed by atoms with Gasteiger partial charge in [0.25, 0.3) is 0 Å². The topological polar surface area (TPSA) is 12.0 Å². The maximum atomic E-state index is 3.56. The van der Waals surface area contributed by atoms with Gasteiger partial charge in [-0.15, -0.1) is 0 Å². The molecule has 1 aromatic carbocycles. The zero-order chi connectivity index (χ0) is 13.8. The molecular weight excluding hydrogens is 230 g/mol. The Morgan fingerprint density at radius 2 is 1.68 bits per heavy atom. The molecule has 0 saturated heterocycles. The lowest BCUT2D eigenvalue weighted by Crippen LogP contribution is -2.29. The predicted octanol–water partition coefficient (Wildman–Crippen LogP) is 4.50. The van der Waals surface area contributed by atoms with Crippen LogP contribution in [0.25, 0.3) is 0 Å². The van der Waals surface area contributed by atoms with E-state index in [1.54, 1.807) is 5.56 Å². The average Bonchev–Trinajstić information content (AvgIpc) is 2.41. The molecule has 1 aromatic rings. The molecule has 0 spiro atoms. The van der Waals surface area contributed by atoms with E-state index in [9.17, 15) is 0 Å². The van der Waals surface area contributed by atoms with E-state index in [2.05, 4.69) is 45.1 Å². The van der Waals surface area contributed by atoms with Crippen LogP contribution in [-0.2, 0) is 0 Å². The van der Waals surface area contributed by atoms with Gasteiger partial charge in [-0.1, -0.05) is 31.9 Å². The predicted molar refractivity (Wildman–Crippen MR) is 83.9 cm³/mol. The molecule has 1 N–H and O–H groups in total. The Kier molecular flexibility index (Phi) is 5.04. The van der Waals surface area contributed by atoms with Gasteiger partial charge in [-0.05, 0) is 80.8 Å². The molecule has 2 rings (SSSR count). The minimum Gasteiger partial charge on any atom is -0.317 e. The van der Waals surface area contributed by atoms with Crippen LogP contribution < -0.4 is 5.32 Å². The number of nitrogens with one attached hydrogen (secondary N) is 1. The third-order valence-electron chi connectivity index (χ3n) is 4.85. The second-order valence-corrected chi connectivity index (χ2v) is 6.25. The molecule has 0 heterocycles. The van der Waals surface area contributed by atoms with Crippen molar-refractivity contribution in [2.45, 2.75) is 59.3 Å². The summed E-state index contributed by atoms with van der Waals surface area (Å²) >= 11 is 0. The van der Waals surface area contributed by atoms with Crippen LogP contribution in [0.4, 0.5) is 0 Å². The number of hydrogen-bond acceptors (Lipinski definition) is 1. The van der Waals surface area contributed by atoms with Gasteiger partial charge in [-0.3, -0.25) is 0 Å². The van der Waals surface area contributed by atoms with Crippen LogP contribution in [0.1, 0.15) is 60.8 Å². The average molecular weight is 259 g/mol. The van der Waals surface area contributed by atoms with Crippen LogP contribution in [0, 0.1) is 26.7 Å². The summed E-state index contributed by atoms with van der Waals surface area (Å²) in [6.07, 6.45) is 5.58. The highest BCUT2D eigenvalue weighted by atomic mass is 14.8. The van der Waals surface area contributed by atoms with Crippen molar-refractivity contribution in [3.05, 3.63) is 34.4 Å². The van der Waals surface area contributed by atoms with Gasteiger partial charge in [0.2, 0.25) is 0 Å². The van der Waals surface area contributed by atoms with Crippen molar-refractivity contribution < 1.29 is 0 Å². The monoisotopic (exact) mass is 259 g/mol. The molecule has 1 aliphatic rings. The first kappa shape index (κ1) is 14.6. The number of benzene rings is 1. The Hall–Kier alpha value is -0.820. The van der Waals surface area contributed by atoms with E-state index in [0.29, 0.717) is 0 Å². The zero-order valence-electron chi connectivity index (χ0n) is 13.1. The van der Waals surface area contributed by atoms with Gasteiger partial charge in [-0.2, -0.15) is 0 Å². The Balaban J connectivity index is 2.24. The SMILES string of the molecule is CCNCC1CCCCC1c1cc(C)c(C)cc1C. The Morgan fingerprint density at radius 1 is 1.00 bits per heavy atom. The van der Waals surface area contributed by atoms with Gasteiger partial charge in [0, 0.05) is 0 Å². The quantitative estimate of drug-likeness (QED) is 0.839. The molecule has 106 valence electrons. The Labute approximate surface area is 118 Å². The van der Waals surface area contributed by atoms with Crippen molar-refractivity contribution in [1.29, 1.82) is 0 Å². The first-order valence-corrected chi connectivity index (χ1v) is 7.92. The lowest BCUT2D eigenvalue weighted by Gasteiger charge is -2.33. The van der Waals surface area contributed by atoms with Crippen molar-refractivity contribution in [3.8, 4) is 0 Å². The Bertz CT molecular complexity index is 422. The van der Waals surface area contributed by atoms with Gasteiger partial charge in [0.05, 0.1) is 0 Å². The normalized spacial score (nSPS) is 23.6. The first-order chi connectivity index (χ1) is 9.13. The fraction of sp³-hybridized carbons (Fsp3) is 0.667. The molecule has 2 unspecified atom stereocenters. The molecule has 0 aliphatic heterocycles. The Morgan fingerprint density at radius 3 is 2.42 bits per heavy atom. The van der Waals surface area contributed by atoms with Gasteiger partial charge in [-0.25, -0.2) is 0 Å². The van der Waals surface area contributed by atoms with Crippen molar-refractivity contribution in [2.75, 3.05) is 13.1 Å². The van der Waals surface area contributed by atoms with Crippen LogP contribution in [0.5, 0.6) is 0 Å². The summed E-state index contributed by atoms with van der Waals surface area (Å²) in [5.41, 5.74) is 6.00.